The summed E-state index contributed by atoms with van der Waals surface area (Å²) in [5.74, 6) is 0. The standard InChI is InChI=1S/C11H20N2O.CO2/c1-11(2,3)9-6-5-8-7-13(9)10(14)12(8)4;2-1-3/h8-9H,5-7H2,1-4H3;/t8-,9+;/m1./s1. The van der Waals surface area contributed by atoms with Crippen LogP contribution in [-0.4, -0.2) is 47.7 Å². The van der Waals surface area contributed by atoms with Gasteiger partial charge in [-0.25, -0.2) is 4.79 Å². The Labute approximate surface area is 102 Å². The summed E-state index contributed by atoms with van der Waals surface area (Å²) >= 11 is 0. The Hall–Kier alpha value is -1.35. The van der Waals surface area contributed by atoms with E-state index in [1.807, 2.05) is 11.9 Å². The Bertz CT molecular complexity index is 329. The number of carbonyl (C=O) groups excluding carboxylic acids is 3. The van der Waals surface area contributed by atoms with E-state index in [1.54, 1.807) is 0 Å². The molecule has 96 valence electrons. The minimum atomic E-state index is 0.214. The second kappa shape index (κ2) is 4.88. The molecular formula is C12H20N2O3. The summed E-state index contributed by atoms with van der Waals surface area (Å²) in [5, 5.41) is 0. The number of piperidine rings is 1. The van der Waals surface area contributed by atoms with Crippen molar-refractivity contribution in [2.75, 3.05) is 13.6 Å². The van der Waals surface area contributed by atoms with Crippen LogP contribution in [0.1, 0.15) is 33.6 Å². The van der Waals surface area contributed by atoms with E-state index in [1.165, 1.54) is 6.42 Å². The van der Waals surface area contributed by atoms with Crippen molar-refractivity contribution in [3.8, 4) is 0 Å². The molecule has 2 saturated heterocycles. The number of urea groups is 1. The molecule has 2 aliphatic rings. The van der Waals surface area contributed by atoms with Crippen LogP contribution >= 0.6 is 0 Å². The fourth-order valence-corrected chi connectivity index (χ4v) is 2.74. The third kappa shape index (κ3) is 2.67. The maximum absolute atomic E-state index is 11.9. The van der Waals surface area contributed by atoms with Crippen LogP contribution < -0.4 is 0 Å². The molecule has 0 aliphatic carbocycles. The fraction of sp³-hybridized carbons (Fsp3) is 0.833. The molecule has 0 aromatic rings. The molecule has 0 N–H and O–H groups in total. The van der Waals surface area contributed by atoms with Gasteiger partial charge in [-0.05, 0) is 18.3 Å². The van der Waals surface area contributed by atoms with E-state index in [2.05, 4.69) is 25.7 Å². The zero-order chi connectivity index (χ0) is 13.2. The summed E-state index contributed by atoms with van der Waals surface area (Å²) in [5.41, 5.74) is 0.214. The van der Waals surface area contributed by atoms with Crippen LogP contribution in [0.15, 0.2) is 0 Å². The molecule has 0 aromatic carbocycles. The van der Waals surface area contributed by atoms with Gasteiger partial charge in [-0.2, -0.15) is 9.59 Å². The highest BCUT2D eigenvalue weighted by Gasteiger charge is 2.46. The molecule has 2 bridgehead atoms. The minimum absolute atomic E-state index is 0.214. The molecule has 2 aliphatic heterocycles. The van der Waals surface area contributed by atoms with Crippen molar-refractivity contribution in [2.24, 2.45) is 5.41 Å². The molecule has 2 amide bonds. The van der Waals surface area contributed by atoms with E-state index in [4.69, 9.17) is 9.59 Å². The highest BCUT2D eigenvalue weighted by molar-refractivity contribution is 5.77. The van der Waals surface area contributed by atoms with Crippen molar-refractivity contribution in [2.45, 2.75) is 45.7 Å². The summed E-state index contributed by atoms with van der Waals surface area (Å²) in [6, 6.07) is 1.13. The summed E-state index contributed by atoms with van der Waals surface area (Å²) < 4.78 is 0. The first-order valence-electron chi connectivity index (χ1n) is 5.85. The minimum Gasteiger partial charge on any atom is -0.323 e. The van der Waals surface area contributed by atoms with E-state index < -0.39 is 0 Å². The first-order chi connectivity index (χ1) is 7.82. The molecule has 0 saturated carbocycles. The second-order valence-corrected chi connectivity index (χ2v) is 5.74. The van der Waals surface area contributed by atoms with Crippen molar-refractivity contribution >= 4 is 12.2 Å². The Morgan fingerprint density at radius 2 is 1.76 bits per heavy atom. The molecule has 2 atom stereocenters. The van der Waals surface area contributed by atoms with Crippen molar-refractivity contribution in [3.63, 3.8) is 0 Å². The number of rotatable bonds is 0. The highest BCUT2D eigenvalue weighted by atomic mass is 16.2. The van der Waals surface area contributed by atoms with E-state index in [-0.39, 0.29) is 17.6 Å². The van der Waals surface area contributed by atoms with Crippen LogP contribution in [0.2, 0.25) is 0 Å². The monoisotopic (exact) mass is 240 g/mol. The average molecular weight is 240 g/mol. The molecule has 5 heteroatoms. The highest BCUT2D eigenvalue weighted by Crippen LogP contribution is 2.37. The van der Waals surface area contributed by atoms with Crippen LogP contribution in [0.4, 0.5) is 4.79 Å². The molecule has 0 aromatic heterocycles. The Balaban J connectivity index is 0.000000437. The van der Waals surface area contributed by atoms with Gasteiger partial charge in [0, 0.05) is 19.6 Å². The Morgan fingerprint density at radius 3 is 2.24 bits per heavy atom. The quantitative estimate of drug-likeness (QED) is 0.642. The predicted molar refractivity (Wildman–Crippen MR) is 61.1 cm³/mol. The normalized spacial score (nSPS) is 27.4. The summed E-state index contributed by atoms with van der Waals surface area (Å²) in [6.45, 7) is 7.62. The van der Waals surface area contributed by atoms with Gasteiger partial charge in [-0.1, -0.05) is 20.8 Å². The molecule has 0 radical (unpaired) electrons. The van der Waals surface area contributed by atoms with Gasteiger partial charge in [0.05, 0.1) is 6.04 Å². The van der Waals surface area contributed by atoms with Gasteiger partial charge in [0.2, 0.25) is 0 Å². The van der Waals surface area contributed by atoms with E-state index in [9.17, 15) is 4.79 Å². The van der Waals surface area contributed by atoms with Crippen LogP contribution in [0.5, 0.6) is 0 Å². The third-order valence-electron chi connectivity index (χ3n) is 3.65. The number of fused-ring (bicyclic) bond motifs is 2. The molecule has 0 spiro atoms. The molecular weight excluding hydrogens is 220 g/mol. The van der Waals surface area contributed by atoms with Crippen molar-refractivity contribution < 1.29 is 14.4 Å². The topological polar surface area (TPSA) is 57.7 Å². The third-order valence-corrected chi connectivity index (χ3v) is 3.65. The number of nitrogens with zero attached hydrogens (tertiary/aromatic N) is 2. The van der Waals surface area contributed by atoms with E-state index >= 15 is 0 Å². The van der Waals surface area contributed by atoms with Crippen LogP contribution in [0.3, 0.4) is 0 Å². The smallest absolute Gasteiger partial charge is 0.323 e. The lowest BCUT2D eigenvalue weighted by Crippen LogP contribution is -2.47. The van der Waals surface area contributed by atoms with Crippen molar-refractivity contribution in [1.82, 2.24) is 9.80 Å². The molecule has 5 nitrogen and oxygen atoms in total. The van der Waals surface area contributed by atoms with Gasteiger partial charge < -0.3 is 9.80 Å². The largest absolute Gasteiger partial charge is 0.373 e. The number of hydrogen-bond acceptors (Lipinski definition) is 3. The Kier molecular flexibility index (Phi) is 3.94. The molecule has 2 rings (SSSR count). The van der Waals surface area contributed by atoms with Crippen molar-refractivity contribution in [3.05, 3.63) is 0 Å². The molecule has 2 fully saturated rings. The SMILES string of the molecule is CN1C(=O)N2C[C@H]1CC[C@H]2C(C)(C)C.O=C=O. The van der Waals surface area contributed by atoms with Gasteiger partial charge in [-0.15, -0.1) is 0 Å². The van der Waals surface area contributed by atoms with Gasteiger partial charge in [-0.3, -0.25) is 0 Å². The number of amides is 2. The van der Waals surface area contributed by atoms with Crippen molar-refractivity contribution in [1.29, 1.82) is 0 Å². The van der Waals surface area contributed by atoms with E-state index in [0.29, 0.717) is 12.1 Å². The van der Waals surface area contributed by atoms with Gasteiger partial charge >= 0.3 is 12.2 Å². The number of likely N-dealkylation sites (N-methyl/N-ethyl adjacent to an activating group) is 1. The summed E-state index contributed by atoms with van der Waals surface area (Å²) in [4.78, 5) is 32.1. The average Bonchev–Trinajstić information content (AvgIpc) is 2.44. The maximum Gasteiger partial charge on any atom is 0.373 e. The summed E-state index contributed by atoms with van der Waals surface area (Å²) in [7, 11) is 1.93. The van der Waals surface area contributed by atoms with Gasteiger partial charge in [0.15, 0.2) is 0 Å². The Morgan fingerprint density at radius 1 is 1.24 bits per heavy atom. The first-order valence-corrected chi connectivity index (χ1v) is 5.85. The van der Waals surface area contributed by atoms with Crippen LogP contribution in [-0.2, 0) is 9.59 Å². The lowest BCUT2D eigenvalue weighted by molar-refractivity contribution is -0.191. The van der Waals surface area contributed by atoms with E-state index in [0.717, 1.165) is 13.0 Å². The second-order valence-electron chi connectivity index (χ2n) is 5.74. The zero-order valence-corrected chi connectivity index (χ0v) is 10.9. The van der Waals surface area contributed by atoms with Crippen LogP contribution in [0.25, 0.3) is 0 Å². The first kappa shape index (κ1) is 13.7. The maximum atomic E-state index is 11.9. The molecule has 0 unspecified atom stereocenters. The van der Waals surface area contributed by atoms with Gasteiger partial charge in [0.1, 0.15) is 0 Å². The predicted octanol–water partition coefficient (Wildman–Crippen LogP) is 1.35. The number of hydrogen-bond donors (Lipinski definition) is 0. The number of carbonyl (C=O) groups is 1. The molecule has 17 heavy (non-hydrogen) atoms. The lowest BCUT2D eigenvalue weighted by atomic mass is 9.80. The lowest BCUT2D eigenvalue weighted by Gasteiger charge is -2.39. The summed E-state index contributed by atoms with van der Waals surface area (Å²) in [6.07, 6.45) is 2.57. The zero-order valence-electron chi connectivity index (χ0n) is 10.9. The molecule has 2 heterocycles. The fourth-order valence-electron chi connectivity index (χ4n) is 2.74. The van der Waals surface area contributed by atoms with Crippen LogP contribution in [0, 0.1) is 5.41 Å². The van der Waals surface area contributed by atoms with Gasteiger partial charge in [0.25, 0.3) is 0 Å².